The molecule has 528 valence electrons. The molecule has 0 aliphatic carbocycles. The summed E-state index contributed by atoms with van der Waals surface area (Å²) >= 11 is 0. The smallest absolute Gasteiger partial charge is 0.490 e. The topological polar surface area (TPSA) is 443 Å². The summed E-state index contributed by atoms with van der Waals surface area (Å²) in [6.07, 6.45) is -0.664. The monoisotopic (exact) mass is 1370 g/mol. The van der Waals surface area contributed by atoms with Crippen molar-refractivity contribution >= 4 is 82.0 Å². The third-order valence-electron chi connectivity index (χ3n) is 16.3. The number of fused-ring (bicyclic) bond motifs is 2. The molecule has 2 aromatic heterocycles. The van der Waals surface area contributed by atoms with Gasteiger partial charge < -0.3 is 83.5 Å². The predicted molar refractivity (Wildman–Crippen MR) is 345 cm³/mol. The van der Waals surface area contributed by atoms with Gasteiger partial charge in [-0.15, -0.1) is 0 Å². The van der Waals surface area contributed by atoms with Crippen molar-refractivity contribution in [2.45, 2.75) is 151 Å². The second kappa shape index (κ2) is 37.0. The van der Waals surface area contributed by atoms with Gasteiger partial charge in [-0.2, -0.15) is 13.2 Å². The number of amides is 10. The number of aliphatic carboxylic acids is 2. The predicted octanol–water partition coefficient (Wildman–Crippen LogP) is 1.03. The zero-order valence-electron chi connectivity index (χ0n) is 53.9. The van der Waals surface area contributed by atoms with Crippen molar-refractivity contribution in [3.8, 4) is 11.5 Å². The number of nitrogens with zero attached hydrogens (tertiary/aromatic N) is 3. The number of hydrogen-bond donors (Lipinski definition) is 14. The Hall–Kier alpha value is -10.7. The molecular formula is C66H82F3N13O16. The third kappa shape index (κ3) is 23.3. The maximum Gasteiger partial charge on any atom is 0.490 e. The molecule has 0 bridgehead atoms. The first-order valence-corrected chi connectivity index (χ1v) is 31.8. The number of nitrogens with one attached hydrogen (secondary N) is 9. The van der Waals surface area contributed by atoms with Crippen LogP contribution in [0.25, 0.3) is 11.0 Å². The van der Waals surface area contributed by atoms with Gasteiger partial charge in [0.1, 0.15) is 65.5 Å². The van der Waals surface area contributed by atoms with Crippen LogP contribution in [0.2, 0.25) is 0 Å². The maximum atomic E-state index is 14.9. The van der Waals surface area contributed by atoms with E-state index < -0.39 is 145 Å². The van der Waals surface area contributed by atoms with Gasteiger partial charge >= 0.3 is 18.1 Å². The van der Waals surface area contributed by atoms with Gasteiger partial charge in [0, 0.05) is 57.1 Å². The van der Waals surface area contributed by atoms with Gasteiger partial charge in [0.2, 0.25) is 59.1 Å². The highest BCUT2D eigenvalue weighted by Gasteiger charge is 2.42. The Bertz CT molecular complexity index is 3600. The van der Waals surface area contributed by atoms with Crippen LogP contribution in [0.3, 0.4) is 0 Å². The second-order valence-electron chi connectivity index (χ2n) is 23.6. The lowest BCUT2D eigenvalue weighted by Crippen LogP contribution is -2.60. The van der Waals surface area contributed by atoms with Gasteiger partial charge in [0.25, 0.3) is 0 Å². The Labute approximate surface area is 561 Å². The molecule has 0 spiro atoms. The first-order chi connectivity index (χ1) is 46.6. The van der Waals surface area contributed by atoms with Gasteiger partial charge in [-0.1, -0.05) is 80.8 Å². The number of aromatic amines is 1. The molecule has 2 saturated heterocycles. The zero-order chi connectivity index (χ0) is 71.6. The minimum absolute atomic E-state index is 0.0309. The zero-order valence-corrected chi connectivity index (χ0v) is 53.9. The van der Waals surface area contributed by atoms with E-state index in [4.69, 9.17) is 15.6 Å². The maximum absolute atomic E-state index is 14.9. The number of carboxylic acid groups (broad SMARTS) is 2. The van der Waals surface area contributed by atoms with Crippen LogP contribution < -0.4 is 48.3 Å². The van der Waals surface area contributed by atoms with Crippen molar-refractivity contribution in [3.63, 3.8) is 0 Å². The molecule has 0 unspecified atom stereocenters. The number of alkyl halides is 3. The molecule has 2 fully saturated rings. The fraction of sp³-hybridized carbons (Fsp3) is 0.439. The molecule has 5 aromatic rings. The molecule has 4 heterocycles. The Kier molecular flexibility index (Phi) is 28.8. The number of halogens is 3. The van der Waals surface area contributed by atoms with Gasteiger partial charge in [0.15, 0.2) is 0 Å². The largest absolute Gasteiger partial charge is 0.508 e. The van der Waals surface area contributed by atoms with E-state index in [1.807, 2.05) is 6.92 Å². The number of aromatic nitrogens is 2. The van der Waals surface area contributed by atoms with Crippen LogP contribution in [0.15, 0.2) is 103 Å². The summed E-state index contributed by atoms with van der Waals surface area (Å²) in [4.78, 5) is 176. The molecule has 7 rings (SSSR count). The van der Waals surface area contributed by atoms with Gasteiger partial charge in [-0.3, -0.25) is 52.7 Å². The van der Waals surface area contributed by atoms with Crippen LogP contribution in [0.5, 0.6) is 11.5 Å². The molecule has 32 heteroatoms. The Morgan fingerprint density at radius 2 is 1.10 bits per heavy atom. The summed E-state index contributed by atoms with van der Waals surface area (Å²) < 4.78 is 31.7. The number of aromatic hydroxyl groups is 2. The normalized spacial score (nSPS) is 21.7. The first kappa shape index (κ1) is 76.4. The van der Waals surface area contributed by atoms with Gasteiger partial charge in [-0.05, 0) is 104 Å². The quantitative estimate of drug-likeness (QED) is 0.0545. The lowest BCUT2D eigenvalue weighted by atomic mass is 10.0. The molecule has 3 aromatic carbocycles. The fourth-order valence-corrected chi connectivity index (χ4v) is 11.0. The lowest BCUT2D eigenvalue weighted by Gasteiger charge is -2.31. The van der Waals surface area contributed by atoms with E-state index in [1.54, 1.807) is 67.0 Å². The number of rotatable bonds is 18. The van der Waals surface area contributed by atoms with Crippen molar-refractivity contribution in [2.75, 3.05) is 33.2 Å². The highest BCUT2D eigenvalue weighted by atomic mass is 19.4. The Morgan fingerprint density at radius 1 is 0.592 bits per heavy atom. The molecule has 15 N–H and O–H groups in total. The van der Waals surface area contributed by atoms with E-state index in [0.717, 1.165) is 9.80 Å². The number of carboxylic acids is 2. The van der Waals surface area contributed by atoms with Crippen molar-refractivity contribution in [2.24, 2.45) is 5.73 Å². The van der Waals surface area contributed by atoms with Crippen LogP contribution in [0, 0.1) is 0 Å². The number of benzene rings is 3. The Balaban J connectivity index is 0.00000205. The van der Waals surface area contributed by atoms with E-state index in [0.29, 0.717) is 65.4 Å². The molecule has 2 aliphatic rings. The number of unbranched alkanes of at least 4 members (excludes halogenated alkanes) is 3. The molecule has 10 amide bonds. The molecule has 2 aliphatic heterocycles. The van der Waals surface area contributed by atoms with Crippen molar-refractivity contribution in [1.29, 1.82) is 0 Å². The molecular weight excluding hydrogens is 1290 g/mol. The number of H-pyrrole nitrogens is 1. The van der Waals surface area contributed by atoms with Crippen molar-refractivity contribution in [1.82, 2.24) is 62.3 Å². The fourth-order valence-electron chi connectivity index (χ4n) is 11.0. The van der Waals surface area contributed by atoms with E-state index in [1.165, 1.54) is 43.4 Å². The number of carbonyl (C=O) groups is 12. The number of likely N-dealkylation sites (N-methyl/N-ethyl adjacent to an activating group) is 1. The summed E-state index contributed by atoms with van der Waals surface area (Å²) in [5.41, 5.74) is 8.29. The van der Waals surface area contributed by atoms with Crippen molar-refractivity contribution < 1.29 is 91.1 Å². The van der Waals surface area contributed by atoms with E-state index >= 15 is 0 Å². The highest BCUT2D eigenvalue weighted by Crippen LogP contribution is 2.23. The minimum atomic E-state index is -5.08. The Morgan fingerprint density at radius 3 is 1.69 bits per heavy atom. The standard InChI is InChI=1S/C64H81N13O14.C2HF3O2/c1-3-4-6-16-46-59(86)73-49(33-41-35-67-56-44(41)15-11-28-66-56)58(85)68-36-53(80)70-47(30-39-19-23-42(78)24-20-39)60(87)75-50(34-55(82)83)64(91)77-29-12-18-51(77)62(89)72-45(17-9-10-27-65)57(84)69-37-54(81)76(2)52(32-38-13-7-5-8-14-38)63(90)74-48(61(88)71-46)31-40-21-25-43(79)26-22-40;3-2(4,5)1(6)7/h5,7-8,11,13-15,19-26,28,35,45-52,78-79H,3-4,6,9-10,12,16-18,27,29-34,36-37,65H2,1-2H3,(H,66,67)(H,68,85)(H,69,84)(H,70,80)(H,71,88)(H,72,89)(H,73,86)(H,74,90)(H,75,87)(H,82,83);(H,6,7)/t45-,46-,47-,48-,49-,50-,51+,52-;/m0./s1. The SMILES string of the molecule is CCCCC[C@@H]1NC(=O)[C@H](Cc2ccc(O)cc2)NC(=O)[C@H](Cc2ccccc2)N(C)C(=O)CNC(=O)[C@H](CCCCN)NC(=O)[C@H]2CCCN2C(=O)[C@H](CC(=O)O)NC(=O)[C@H](Cc2ccc(O)cc2)NC(=O)CNC(=O)[C@H](Cc2c[nH]c3ncccc23)NC1=O.O=C(O)C(F)(F)F. The van der Waals surface area contributed by atoms with Crippen LogP contribution in [0.4, 0.5) is 13.2 Å². The number of phenolic OH excluding ortho intramolecular Hbond substituents is 2. The summed E-state index contributed by atoms with van der Waals surface area (Å²) in [6.45, 7) is 0.645. The number of pyridine rings is 1. The van der Waals surface area contributed by atoms with Crippen LogP contribution >= 0.6 is 0 Å². The summed E-state index contributed by atoms with van der Waals surface area (Å²) in [7, 11) is 1.35. The van der Waals surface area contributed by atoms with E-state index in [-0.39, 0.29) is 76.0 Å². The first-order valence-electron chi connectivity index (χ1n) is 31.8. The van der Waals surface area contributed by atoms with Gasteiger partial charge in [0.05, 0.1) is 19.5 Å². The second-order valence-corrected chi connectivity index (χ2v) is 23.6. The molecule has 0 saturated carbocycles. The number of carbonyl (C=O) groups excluding carboxylic acids is 10. The van der Waals surface area contributed by atoms with Crippen LogP contribution in [0.1, 0.15) is 93.4 Å². The molecule has 98 heavy (non-hydrogen) atoms. The average molecular weight is 1370 g/mol. The van der Waals surface area contributed by atoms with Crippen LogP contribution in [-0.2, 0) is 83.2 Å². The highest BCUT2D eigenvalue weighted by molar-refractivity contribution is 6.00. The molecule has 29 nitrogen and oxygen atoms in total. The number of phenols is 2. The summed E-state index contributed by atoms with van der Waals surface area (Å²) in [5.74, 6) is -13.0. The third-order valence-corrected chi connectivity index (χ3v) is 16.3. The van der Waals surface area contributed by atoms with Gasteiger partial charge in [-0.25, -0.2) is 9.78 Å². The molecule has 0 radical (unpaired) electrons. The number of hydrogen-bond acceptors (Lipinski definition) is 16. The minimum Gasteiger partial charge on any atom is -0.508 e. The summed E-state index contributed by atoms with van der Waals surface area (Å²) in [5, 5.41) is 59.3. The van der Waals surface area contributed by atoms with Crippen molar-refractivity contribution in [3.05, 3.63) is 126 Å². The molecule has 8 atom stereocenters. The summed E-state index contributed by atoms with van der Waals surface area (Å²) in [6, 6.07) is 12.1. The van der Waals surface area contributed by atoms with E-state index in [2.05, 4.69) is 52.5 Å². The van der Waals surface area contributed by atoms with Crippen LogP contribution in [-0.4, -0.2) is 199 Å². The average Bonchev–Trinajstić information content (AvgIpc) is 1.65. The lowest BCUT2D eigenvalue weighted by molar-refractivity contribution is -0.192. The van der Waals surface area contributed by atoms with E-state index in [9.17, 15) is 81.2 Å². The number of nitrogens with two attached hydrogens (primary N) is 1.